The number of ether oxygens (including phenoxy) is 1. The fraction of sp³-hybridized carbons (Fsp3) is 0.500. The molecule has 2 rings (SSSR count). The number of nitrogens with two attached hydrogens (primary N) is 1. The van der Waals surface area contributed by atoms with E-state index in [4.69, 9.17) is 10.5 Å². The molecule has 4 heteroatoms. The maximum atomic E-state index is 12.1. The Bertz CT molecular complexity index is 392. The van der Waals surface area contributed by atoms with Crippen LogP contribution in [-0.4, -0.2) is 23.9 Å². The van der Waals surface area contributed by atoms with Crippen LogP contribution >= 0.6 is 0 Å². The Morgan fingerprint density at radius 3 is 2.94 bits per heavy atom. The van der Waals surface area contributed by atoms with Gasteiger partial charge in [0.05, 0.1) is 13.3 Å². The summed E-state index contributed by atoms with van der Waals surface area (Å²) in [6.07, 6.45) is 5.80. The zero-order chi connectivity index (χ0) is 11.5. The van der Waals surface area contributed by atoms with Crippen LogP contribution in [0.5, 0.6) is 5.75 Å². The molecule has 86 valence electrons. The Morgan fingerprint density at radius 2 is 2.31 bits per heavy atom. The highest BCUT2D eigenvalue weighted by Gasteiger charge is 2.28. The van der Waals surface area contributed by atoms with E-state index in [1.807, 2.05) is 0 Å². The number of carbonyl (C=O) groups is 1. The van der Waals surface area contributed by atoms with Crippen LogP contribution in [0.1, 0.15) is 29.6 Å². The highest BCUT2D eigenvalue weighted by Crippen LogP contribution is 2.28. The molecule has 2 atom stereocenters. The molecular weight excluding hydrogens is 204 g/mol. The molecule has 16 heavy (non-hydrogen) atoms. The number of ketones is 1. The van der Waals surface area contributed by atoms with E-state index in [2.05, 4.69) is 4.98 Å². The summed E-state index contributed by atoms with van der Waals surface area (Å²) in [5.41, 5.74) is 6.43. The van der Waals surface area contributed by atoms with Gasteiger partial charge in [0.1, 0.15) is 5.75 Å². The number of Topliss-reactive ketones (excluding diaryl/α,β-unsaturated/α-hetero) is 1. The van der Waals surface area contributed by atoms with Gasteiger partial charge < -0.3 is 10.5 Å². The number of hydrogen-bond donors (Lipinski definition) is 1. The van der Waals surface area contributed by atoms with Crippen molar-refractivity contribution in [3.05, 3.63) is 24.0 Å². The van der Waals surface area contributed by atoms with E-state index >= 15 is 0 Å². The minimum absolute atomic E-state index is 0.0592. The van der Waals surface area contributed by atoms with Gasteiger partial charge in [0.25, 0.3) is 0 Å². The normalized spacial score (nSPS) is 24.4. The molecule has 1 aromatic rings. The Kier molecular flexibility index (Phi) is 3.19. The van der Waals surface area contributed by atoms with Gasteiger partial charge in [-0.1, -0.05) is 0 Å². The van der Waals surface area contributed by atoms with Crippen molar-refractivity contribution in [1.82, 2.24) is 4.98 Å². The molecule has 0 spiro atoms. The molecule has 2 N–H and O–H groups in total. The van der Waals surface area contributed by atoms with Gasteiger partial charge in [-0.05, 0) is 25.3 Å². The van der Waals surface area contributed by atoms with Gasteiger partial charge in [-0.3, -0.25) is 9.78 Å². The van der Waals surface area contributed by atoms with Crippen LogP contribution in [0.3, 0.4) is 0 Å². The van der Waals surface area contributed by atoms with E-state index in [9.17, 15) is 4.79 Å². The third-order valence-corrected chi connectivity index (χ3v) is 3.08. The first kappa shape index (κ1) is 11.1. The molecule has 0 aliphatic heterocycles. The molecule has 1 heterocycles. The highest BCUT2D eigenvalue weighted by atomic mass is 16.5. The van der Waals surface area contributed by atoms with Crippen molar-refractivity contribution in [3.8, 4) is 5.75 Å². The molecule has 0 saturated heterocycles. The van der Waals surface area contributed by atoms with Crippen molar-refractivity contribution in [2.24, 2.45) is 11.7 Å². The van der Waals surface area contributed by atoms with Crippen molar-refractivity contribution < 1.29 is 9.53 Å². The van der Waals surface area contributed by atoms with Crippen molar-refractivity contribution in [1.29, 1.82) is 0 Å². The van der Waals surface area contributed by atoms with Gasteiger partial charge in [-0.15, -0.1) is 0 Å². The fourth-order valence-corrected chi connectivity index (χ4v) is 2.16. The predicted octanol–water partition coefficient (Wildman–Crippen LogP) is 1.40. The zero-order valence-corrected chi connectivity index (χ0v) is 9.35. The molecule has 1 fully saturated rings. The van der Waals surface area contributed by atoms with Crippen molar-refractivity contribution in [3.63, 3.8) is 0 Å². The topological polar surface area (TPSA) is 65.2 Å². The first-order chi connectivity index (χ1) is 7.70. The predicted molar refractivity (Wildman–Crippen MR) is 60.4 cm³/mol. The summed E-state index contributed by atoms with van der Waals surface area (Å²) in [5, 5.41) is 0. The maximum absolute atomic E-state index is 12.1. The quantitative estimate of drug-likeness (QED) is 0.782. The van der Waals surface area contributed by atoms with Crippen LogP contribution < -0.4 is 10.5 Å². The van der Waals surface area contributed by atoms with Crippen LogP contribution in [0.2, 0.25) is 0 Å². The monoisotopic (exact) mass is 220 g/mol. The van der Waals surface area contributed by atoms with Crippen molar-refractivity contribution >= 4 is 5.78 Å². The molecular formula is C12H16N2O2. The van der Waals surface area contributed by atoms with Gasteiger partial charge in [-0.2, -0.15) is 0 Å². The first-order valence-corrected chi connectivity index (χ1v) is 5.49. The van der Waals surface area contributed by atoms with Gasteiger partial charge in [-0.25, -0.2) is 0 Å². The molecule has 1 saturated carbocycles. The molecule has 2 unspecified atom stereocenters. The van der Waals surface area contributed by atoms with E-state index in [1.165, 1.54) is 0 Å². The third-order valence-electron chi connectivity index (χ3n) is 3.08. The number of pyridine rings is 1. The number of carbonyl (C=O) groups excluding carboxylic acids is 1. The number of rotatable bonds is 3. The Hall–Kier alpha value is -1.42. The number of hydrogen-bond acceptors (Lipinski definition) is 4. The summed E-state index contributed by atoms with van der Waals surface area (Å²) >= 11 is 0. The summed E-state index contributed by atoms with van der Waals surface area (Å²) in [6.45, 7) is 0. The average Bonchev–Trinajstić information content (AvgIpc) is 2.75. The van der Waals surface area contributed by atoms with E-state index in [1.54, 1.807) is 25.6 Å². The van der Waals surface area contributed by atoms with Gasteiger partial charge in [0.2, 0.25) is 0 Å². The number of nitrogens with zero attached hydrogens (tertiary/aromatic N) is 1. The zero-order valence-electron chi connectivity index (χ0n) is 9.35. The van der Waals surface area contributed by atoms with E-state index in [0.717, 1.165) is 19.3 Å². The Labute approximate surface area is 94.8 Å². The average molecular weight is 220 g/mol. The minimum atomic E-state index is 0.0592. The summed E-state index contributed by atoms with van der Waals surface area (Å²) in [6, 6.07) is 1.91. The summed E-state index contributed by atoms with van der Waals surface area (Å²) in [4.78, 5) is 16.1. The largest absolute Gasteiger partial charge is 0.495 e. The summed E-state index contributed by atoms with van der Waals surface area (Å²) in [5.74, 6) is 0.816. The van der Waals surface area contributed by atoms with Gasteiger partial charge in [0.15, 0.2) is 5.78 Å². The molecule has 1 aliphatic rings. The van der Waals surface area contributed by atoms with Crippen LogP contribution in [-0.2, 0) is 0 Å². The van der Waals surface area contributed by atoms with Crippen molar-refractivity contribution in [2.75, 3.05) is 7.11 Å². The molecule has 0 bridgehead atoms. The van der Waals surface area contributed by atoms with E-state index in [-0.39, 0.29) is 17.7 Å². The van der Waals surface area contributed by atoms with E-state index < -0.39 is 0 Å². The number of methoxy groups -OCH3 is 1. The lowest BCUT2D eigenvalue weighted by Crippen LogP contribution is -2.18. The maximum Gasteiger partial charge on any atom is 0.167 e. The van der Waals surface area contributed by atoms with Crippen LogP contribution in [0.15, 0.2) is 18.5 Å². The standard InChI is InChI=1S/C12H16N2O2/c1-16-11-5-9(6-14-7-11)12(15)8-2-3-10(13)4-8/h5-8,10H,2-4,13H2,1H3. The smallest absolute Gasteiger partial charge is 0.167 e. The van der Waals surface area contributed by atoms with Gasteiger partial charge >= 0.3 is 0 Å². The van der Waals surface area contributed by atoms with E-state index in [0.29, 0.717) is 11.3 Å². The lowest BCUT2D eigenvalue weighted by Gasteiger charge is -2.08. The first-order valence-electron chi connectivity index (χ1n) is 5.49. The Morgan fingerprint density at radius 1 is 1.50 bits per heavy atom. The summed E-state index contributed by atoms with van der Waals surface area (Å²) < 4.78 is 5.05. The second-order valence-electron chi connectivity index (χ2n) is 4.25. The molecule has 0 radical (unpaired) electrons. The molecule has 0 aromatic carbocycles. The molecule has 0 amide bonds. The molecule has 1 aliphatic carbocycles. The SMILES string of the molecule is COc1cncc(C(=O)C2CCC(N)C2)c1. The van der Waals surface area contributed by atoms with Gasteiger partial charge in [0, 0.05) is 23.7 Å². The minimum Gasteiger partial charge on any atom is -0.495 e. The van der Waals surface area contributed by atoms with Crippen LogP contribution in [0.4, 0.5) is 0 Å². The summed E-state index contributed by atoms with van der Waals surface area (Å²) in [7, 11) is 1.57. The molecule has 1 aromatic heterocycles. The lowest BCUT2D eigenvalue weighted by molar-refractivity contribution is 0.0921. The van der Waals surface area contributed by atoms with Crippen LogP contribution in [0, 0.1) is 5.92 Å². The second-order valence-corrected chi connectivity index (χ2v) is 4.25. The lowest BCUT2D eigenvalue weighted by atomic mass is 9.97. The highest BCUT2D eigenvalue weighted by molar-refractivity contribution is 5.98. The third kappa shape index (κ3) is 2.22. The second kappa shape index (κ2) is 4.61. The molecule has 4 nitrogen and oxygen atoms in total. The number of aromatic nitrogens is 1. The fourth-order valence-electron chi connectivity index (χ4n) is 2.16. The Balaban J connectivity index is 2.14. The van der Waals surface area contributed by atoms with Crippen LogP contribution in [0.25, 0.3) is 0 Å². The van der Waals surface area contributed by atoms with Crippen molar-refractivity contribution in [2.45, 2.75) is 25.3 Å².